The molecule has 4 aromatic rings. The smallest absolute Gasteiger partial charge is 0.272 e. The summed E-state index contributed by atoms with van der Waals surface area (Å²) in [6, 6.07) is 6.14. The van der Waals surface area contributed by atoms with Crippen LogP contribution in [0.5, 0.6) is 0 Å². The molecule has 1 amide bonds. The summed E-state index contributed by atoms with van der Waals surface area (Å²) in [5, 5.41) is 15.6. The highest BCUT2D eigenvalue weighted by Gasteiger charge is 2.34. The van der Waals surface area contributed by atoms with Crippen molar-refractivity contribution in [2.45, 2.75) is 30.0 Å². The van der Waals surface area contributed by atoms with Gasteiger partial charge in [0.05, 0.1) is 22.9 Å². The number of hydrogen-bond donors (Lipinski definition) is 4. The van der Waals surface area contributed by atoms with Gasteiger partial charge in [-0.1, -0.05) is 0 Å². The monoisotopic (exact) mass is 492 g/mol. The number of rotatable bonds is 7. The zero-order valence-corrected chi connectivity index (χ0v) is 19.3. The van der Waals surface area contributed by atoms with Crippen molar-refractivity contribution in [2.24, 2.45) is 0 Å². The van der Waals surface area contributed by atoms with Crippen LogP contribution < -0.4 is 15.4 Å². The van der Waals surface area contributed by atoms with E-state index in [2.05, 4.69) is 35.3 Å². The van der Waals surface area contributed by atoms with E-state index in [-0.39, 0.29) is 40.2 Å². The molecule has 0 unspecified atom stereocenters. The molecule has 0 spiro atoms. The summed E-state index contributed by atoms with van der Waals surface area (Å²) >= 11 is 0. The molecule has 13 heteroatoms. The maximum Gasteiger partial charge on any atom is 0.272 e. The van der Waals surface area contributed by atoms with Gasteiger partial charge in [-0.3, -0.25) is 4.79 Å². The Morgan fingerprint density at radius 3 is 2.86 bits per heavy atom. The van der Waals surface area contributed by atoms with Gasteiger partial charge in [0.15, 0.2) is 10.7 Å². The third kappa shape index (κ3) is 4.32. The van der Waals surface area contributed by atoms with Crippen LogP contribution in [0.1, 0.15) is 28.9 Å². The zero-order chi connectivity index (χ0) is 24.6. The number of sulfonamides is 1. The van der Waals surface area contributed by atoms with Crippen LogP contribution in [0.3, 0.4) is 0 Å². The van der Waals surface area contributed by atoms with E-state index >= 15 is 0 Å². The molecule has 0 aromatic carbocycles. The molecule has 0 radical (unpaired) electrons. The summed E-state index contributed by atoms with van der Waals surface area (Å²) in [6.07, 6.45) is 7.00. The number of hydrogen-bond acceptors (Lipinski definition) is 9. The van der Waals surface area contributed by atoms with Crippen molar-refractivity contribution in [1.29, 1.82) is 5.26 Å². The normalized spacial score (nSPS) is 17.5. The number of pyridine rings is 2. The van der Waals surface area contributed by atoms with E-state index in [1.54, 1.807) is 12.4 Å². The third-order valence-corrected chi connectivity index (χ3v) is 7.15. The summed E-state index contributed by atoms with van der Waals surface area (Å²) in [5.41, 5.74) is 2.33. The largest absolute Gasteiger partial charge is 0.443 e. The molecule has 4 N–H and O–H groups in total. The van der Waals surface area contributed by atoms with Crippen LogP contribution in [-0.2, 0) is 10.0 Å². The van der Waals surface area contributed by atoms with Crippen LogP contribution in [-0.4, -0.2) is 53.4 Å². The molecule has 0 saturated heterocycles. The average molecular weight is 493 g/mol. The lowest BCUT2D eigenvalue weighted by atomic mass is 9.87. The molecule has 0 atom stereocenters. The van der Waals surface area contributed by atoms with Crippen LogP contribution in [0, 0.1) is 11.3 Å². The van der Waals surface area contributed by atoms with Gasteiger partial charge in [-0.15, -0.1) is 0 Å². The molecule has 4 heterocycles. The number of H-pyrrole nitrogens is 1. The predicted molar refractivity (Wildman–Crippen MR) is 125 cm³/mol. The van der Waals surface area contributed by atoms with Gasteiger partial charge in [-0.05, 0) is 31.0 Å². The Kier molecular flexibility index (Phi) is 5.67. The van der Waals surface area contributed by atoms with Crippen molar-refractivity contribution < 1.29 is 17.6 Å². The maximum absolute atomic E-state index is 12.7. The fraction of sp³-hybridized carbons (Fsp3) is 0.227. The number of nitrogens with zero attached hydrogens (tertiary/aromatic N) is 4. The van der Waals surface area contributed by atoms with Crippen LogP contribution in [0.25, 0.3) is 22.5 Å². The lowest BCUT2D eigenvalue weighted by Crippen LogP contribution is -2.49. The molecule has 4 aromatic heterocycles. The Hall–Kier alpha value is -4.28. The van der Waals surface area contributed by atoms with Gasteiger partial charge < -0.3 is 20.0 Å². The van der Waals surface area contributed by atoms with Crippen molar-refractivity contribution >= 4 is 32.7 Å². The first-order valence-electron chi connectivity index (χ1n) is 10.7. The topological polar surface area (TPSA) is 179 Å². The van der Waals surface area contributed by atoms with Gasteiger partial charge in [0.1, 0.15) is 11.9 Å². The van der Waals surface area contributed by atoms with Crippen molar-refractivity contribution in [3.8, 4) is 17.5 Å². The standard InChI is InChI=1S/C22H20N8O4S/c1-24-21(31)17-11-34-22(29-17)16-10-27-20-15(3-5-26-20)19(16)28-13-7-14(8-13)30-35(32,33)18-6-12(9-23)2-4-25-18/h2-6,10-11,13-14,30H,7-8H2,1H3,(H,24,31)(H2,26,27,28). The number of aromatic nitrogens is 4. The van der Waals surface area contributed by atoms with Gasteiger partial charge >= 0.3 is 0 Å². The van der Waals surface area contributed by atoms with Crippen LogP contribution >= 0.6 is 0 Å². The molecule has 0 aliphatic heterocycles. The number of aromatic amines is 1. The zero-order valence-electron chi connectivity index (χ0n) is 18.4. The van der Waals surface area contributed by atoms with E-state index in [0.717, 1.165) is 11.1 Å². The third-order valence-electron chi connectivity index (χ3n) is 5.73. The molecular weight excluding hydrogens is 472 g/mol. The number of anilines is 1. The number of nitrogens with one attached hydrogen (secondary N) is 4. The fourth-order valence-corrected chi connectivity index (χ4v) is 5.13. The Bertz CT molecular complexity index is 1560. The first kappa shape index (κ1) is 22.5. The van der Waals surface area contributed by atoms with E-state index in [0.29, 0.717) is 24.1 Å². The van der Waals surface area contributed by atoms with E-state index in [1.165, 1.54) is 31.6 Å². The van der Waals surface area contributed by atoms with Gasteiger partial charge in [-0.25, -0.2) is 28.1 Å². The predicted octanol–water partition coefficient (Wildman–Crippen LogP) is 1.77. The van der Waals surface area contributed by atoms with E-state index < -0.39 is 10.0 Å². The fourth-order valence-electron chi connectivity index (χ4n) is 3.90. The van der Waals surface area contributed by atoms with Crippen molar-refractivity contribution in [3.63, 3.8) is 0 Å². The number of oxazole rings is 1. The Labute approximate surface area is 199 Å². The lowest BCUT2D eigenvalue weighted by Gasteiger charge is -2.37. The average Bonchev–Trinajstić information content (AvgIpc) is 3.52. The minimum absolute atomic E-state index is 0.0336. The second-order valence-electron chi connectivity index (χ2n) is 8.03. The van der Waals surface area contributed by atoms with Gasteiger partial charge in [0.25, 0.3) is 15.9 Å². The summed E-state index contributed by atoms with van der Waals surface area (Å²) in [4.78, 5) is 27.5. The molecule has 12 nitrogen and oxygen atoms in total. The lowest BCUT2D eigenvalue weighted by molar-refractivity contribution is 0.0958. The number of amides is 1. The SMILES string of the molecule is CNC(=O)c1coc(-c2cnc3[nH]ccc3c2NC2CC(NS(=O)(=O)c3cc(C#N)ccn3)C2)n1. The quantitative estimate of drug-likeness (QED) is 0.299. The number of carbonyl (C=O) groups is 1. The van der Waals surface area contributed by atoms with E-state index in [4.69, 9.17) is 9.68 Å². The molecule has 5 rings (SSSR count). The molecule has 1 saturated carbocycles. The van der Waals surface area contributed by atoms with Crippen LogP contribution in [0.15, 0.2) is 52.5 Å². The van der Waals surface area contributed by atoms with Gasteiger partial charge in [0, 0.05) is 43.1 Å². The van der Waals surface area contributed by atoms with E-state index in [9.17, 15) is 13.2 Å². The van der Waals surface area contributed by atoms with Crippen molar-refractivity contribution in [3.05, 3.63) is 54.3 Å². The Morgan fingerprint density at radius 2 is 2.09 bits per heavy atom. The molecule has 1 fully saturated rings. The molecular formula is C22H20N8O4S. The number of fused-ring (bicyclic) bond motifs is 1. The first-order valence-corrected chi connectivity index (χ1v) is 12.2. The first-order chi connectivity index (χ1) is 16.9. The molecule has 35 heavy (non-hydrogen) atoms. The van der Waals surface area contributed by atoms with Gasteiger partial charge in [0.2, 0.25) is 5.89 Å². The number of nitriles is 1. The van der Waals surface area contributed by atoms with Crippen LogP contribution in [0.4, 0.5) is 5.69 Å². The molecule has 1 aliphatic carbocycles. The minimum Gasteiger partial charge on any atom is -0.443 e. The summed E-state index contributed by atoms with van der Waals surface area (Å²) in [6.45, 7) is 0. The highest BCUT2D eigenvalue weighted by atomic mass is 32.2. The highest BCUT2D eigenvalue weighted by molar-refractivity contribution is 7.89. The summed E-state index contributed by atoms with van der Waals surface area (Å²) < 4.78 is 33.5. The second kappa shape index (κ2) is 8.82. The molecule has 178 valence electrons. The van der Waals surface area contributed by atoms with E-state index in [1.807, 2.05) is 12.1 Å². The second-order valence-corrected chi connectivity index (χ2v) is 9.69. The van der Waals surface area contributed by atoms with Crippen LogP contribution in [0.2, 0.25) is 0 Å². The number of carbonyl (C=O) groups excluding carboxylic acids is 1. The Balaban J connectivity index is 1.33. The van der Waals surface area contributed by atoms with Crippen molar-refractivity contribution in [1.82, 2.24) is 30.0 Å². The van der Waals surface area contributed by atoms with Gasteiger partial charge in [-0.2, -0.15) is 5.26 Å². The summed E-state index contributed by atoms with van der Waals surface area (Å²) in [7, 11) is -2.34. The highest BCUT2D eigenvalue weighted by Crippen LogP contribution is 2.36. The minimum atomic E-state index is -3.85. The molecule has 0 bridgehead atoms. The summed E-state index contributed by atoms with van der Waals surface area (Å²) in [5.74, 6) is -0.129. The Morgan fingerprint density at radius 1 is 1.26 bits per heavy atom. The molecule has 1 aliphatic rings. The maximum atomic E-state index is 12.7. The van der Waals surface area contributed by atoms with Crippen molar-refractivity contribution in [2.75, 3.05) is 12.4 Å².